The van der Waals surface area contributed by atoms with Crippen molar-refractivity contribution in [1.29, 1.82) is 0 Å². The molecule has 0 atom stereocenters. The fourth-order valence-electron chi connectivity index (χ4n) is 3.45. The Morgan fingerprint density at radius 2 is 2.03 bits per heavy atom. The number of aryl methyl sites for hydroxylation is 3. The number of nitrogens with zero attached hydrogens (tertiary/aromatic N) is 4. The Hall–Kier alpha value is -3.10. The monoisotopic (exact) mass is 434 g/mol. The zero-order valence-corrected chi connectivity index (χ0v) is 18.3. The molecule has 5 aromatic rings. The van der Waals surface area contributed by atoms with Gasteiger partial charge in [-0.2, -0.15) is 4.98 Å². The van der Waals surface area contributed by atoms with Gasteiger partial charge in [-0.25, -0.2) is 4.98 Å². The van der Waals surface area contributed by atoms with Crippen molar-refractivity contribution in [2.24, 2.45) is 0 Å². The first-order chi connectivity index (χ1) is 14.5. The molecule has 4 aromatic heterocycles. The molecule has 0 N–H and O–H groups in total. The number of aromatic nitrogens is 4. The number of hydrogen-bond acceptors (Lipinski definition) is 7. The van der Waals surface area contributed by atoms with Crippen LogP contribution in [0, 0.1) is 20.8 Å². The van der Waals surface area contributed by atoms with Gasteiger partial charge in [0.1, 0.15) is 4.83 Å². The lowest BCUT2D eigenvalue weighted by atomic mass is 10.1. The van der Waals surface area contributed by atoms with E-state index >= 15 is 0 Å². The summed E-state index contributed by atoms with van der Waals surface area (Å²) in [5.74, 6) is 0.969. The second-order valence-corrected chi connectivity index (χ2v) is 9.19. The summed E-state index contributed by atoms with van der Waals surface area (Å²) in [4.78, 5) is 24.7. The van der Waals surface area contributed by atoms with E-state index in [-0.39, 0.29) is 5.56 Å². The normalized spacial score (nSPS) is 11.4. The van der Waals surface area contributed by atoms with Gasteiger partial charge in [0.2, 0.25) is 5.82 Å². The van der Waals surface area contributed by atoms with Crippen molar-refractivity contribution in [1.82, 2.24) is 19.7 Å². The van der Waals surface area contributed by atoms with Gasteiger partial charge >= 0.3 is 0 Å². The zero-order valence-electron chi connectivity index (χ0n) is 16.7. The standard InChI is InChI=1S/C22H18N4O2S2/c1-12-6-7-13(2)15(9-12)10-26-11-23-21-17(22(26)27)14(3)18(30-21)20-24-19(25-28-20)16-5-4-8-29-16/h4-9,11H,10H2,1-3H3. The zero-order chi connectivity index (χ0) is 20.8. The summed E-state index contributed by atoms with van der Waals surface area (Å²) in [5.41, 5.74) is 4.21. The Bertz CT molecular complexity index is 1430. The van der Waals surface area contributed by atoms with Crippen LogP contribution in [-0.2, 0) is 6.54 Å². The highest BCUT2D eigenvalue weighted by atomic mass is 32.1. The van der Waals surface area contributed by atoms with E-state index in [4.69, 9.17) is 4.52 Å². The molecule has 0 aliphatic carbocycles. The van der Waals surface area contributed by atoms with Crippen LogP contribution in [0.4, 0.5) is 0 Å². The van der Waals surface area contributed by atoms with Gasteiger partial charge in [-0.3, -0.25) is 9.36 Å². The molecule has 0 aliphatic rings. The van der Waals surface area contributed by atoms with Gasteiger partial charge < -0.3 is 4.52 Å². The van der Waals surface area contributed by atoms with Crippen LogP contribution in [-0.4, -0.2) is 19.7 Å². The molecule has 5 rings (SSSR count). The van der Waals surface area contributed by atoms with E-state index in [1.807, 2.05) is 24.4 Å². The van der Waals surface area contributed by atoms with Crippen molar-refractivity contribution in [2.45, 2.75) is 27.3 Å². The van der Waals surface area contributed by atoms with Crippen LogP contribution in [0.3, 0.4) is 0 Å². The van der Waals surface area contributed by atoms with Crippen molar-refractivity contribution >= 4 is 32.9 Å². The Morgan fingerprint density at radius 1 is 1.17 bits per heavy atom. The molecule has 0 saturated heterocycles. The largest absolute Gasteiger partial charge is 0.333 e. The van der Waals surface area contributed by atoms with Crippen LogP contribution in [0.5, 0.6) is 0 Å². The van der Waals surface area contributed by atoms with Crippen molar-refractivity contribution in [3.63, 3.8) is 0 Å². The molecule has 4 heterocycles. The Kier molecular flexibility index (Phi) is 4.60. The summed E-state index contributed by atoms with van der Waals surface area (Å²) >= 11 is 2.96. The van der Waals surface area contributed by atoms with Gasteiger partial charge in [0.15, 0.2) is 0 Å². The van der Waals surface area contributed by atoms with Crippen molar-refractivity contribution in [2.75, 3.05) is 0 Å². The first kappa shape index (κ1) is 18.9. The number of fused-ring (bicyclic) bond motifs is 1. The molecule has 0 unspecified atom stereocenters. The average molecular weight is 435 g/mol. The fourth-order valence-corrected chi connectivity index (χ4v) is 5.16. The first-order valence-corrected chi connectivity index (χ1v) is 11.1. The van der Waals surface area contributed by atoms with Gasteiger partial charge in [0.05, 0.1) is 28.0 Å². The van der Waals surface area contributed by atoms with Crippen LogP contribution in [0.15, 0.2) is 51.4 Å². The van der Waals surface area contributed by atoms with Gasteiger partial charge in [-0.15, -0.1) is 22.7 Å². The van der Waals surface area contributed by atoms with Crippen LogP contribution < -0.4 is 5.56 Å². The van der Waals surface area contributed by atoms with Crippen molar-refractivity contribution in [3.05, 3.63) is 74.6 Å². The molecule has 30 heavy (non-hydrogen) atoms. The topological polar surface area (TPSA) is 73.8 Å². The van der Waals surface area contributed by atoms with E-state index in [0.29, 0.717) is 28.5 Å². The minimum atomic E-state index is -0.0566. The molecule has 0 aliphatic heterocycles. The Morgan fingerprint density at radius 3 is 2.83 bits per heavy atom. The molecule has 0 saturated carbocycles. The molecular weight excluding hydrogens is 416 g/mol. The average Bonchev–Trinajstić information content (AvgIpc) is 3.46. The summed E-state index contributed by atoms with van der Waals surface area (Å²) in [7, 11) is 0. The summed E-state index contributed by atoms with van der Waals surface area (Å²) in [6.45, 7) is 6.51. The fraction of sp³-hybridized carbons (Fsp3) is 0.182. The van der Waals surface area contributed by atoms with Crippen LogP contribution in [0.1, 0.15) is 22.3 Å². The smallest absolute Gasteiger partial charge is 0.268 e. The Labute approximate surface area is 180 Å². The SMILES string of the molecule is Cc1ccc(C)c(Cn2cnc3sc(-c4nc(-c5cccs5)no4)c(C)c3c2=O)c1. The van der Waals surface area contributed by atoms with Crippen LogP contribution in [0.25, 0.3) is 31.7 Å². The summed E-state index contributed by atoms with van der Waals surface area (Å²) in [6, 6.07) is 10.2. The highest BCUT2D eigenvalue weighted by molar-refractivity contribution is 7.22. The minimum absolute atomic E-state index is 0.0566. The van der Waals surface area contributed by atoms with Gasteiger partial charge in [0.25, 0.3) is 11.4 Å². The van der Waals surface area contributed by atoms with E-state index in [9.17, 15) is 4.79 Å². The third kappa shape index (κ3) is 3.18. The molecule has 0 spiro atoms. The lowest BCUT2D eigenvalue weighted by Gasteiger charge is -2.09. The first-order valence-electron chi connectivity index (χ1n) is 9.44. The van der Waals surface area contributed by atoms with E-state index in [0.717, 1.165) is 26.4 Å². The van der Waals surface area contributed by atoms with Crippen LogP contribution >= 0.6 is 22.7 Å². The van der Waals surface area contributed by atoms with E-state index in [1.165, 1.54) is 16.9 Å². The highest BCUT2D eigenvalue weighted by Gasteiger charge is 2.21. The maximum Gasteiger partial charge on any atom is 0.268 e. The highest BCUT2D eigenvalue weighted by Crippen LogP contribution is 2.36. The lowest BCUT2D eigenvalue weighted by molar-refractivity contribution is 0.433. The van der Waals surface area contributed by atoms with Gasteiger partial charge in [-0.1, -0.05) is 35.0 Å². The molecule has 0 radical (unpaired) electrons. The molecule has 0 amide bonds. The summed E-state index contributed by atoms with van der Waals surface area (Å²) in [5, 5.41) is 6.67. The second-order valence-electron chi connectivity index (χ2n) is 7.24. The van der Waals surface area contributed by atoms with E-state index in [1.54, 1.807) is 22.2 Å². The third-order valence-electron chi connectivity index (χ3n) is 5.12. The summed E-state index contributed by atoms with van der Waals surface area (Å²) in [6.07, 6.45) is 1.62. The second kappa shape index (κ2) is 7.30. The van der Waals surface area contributed by atoms with Gasteiger partial charge in [-0.05, 0) is 48.9 Å². The third-order valence-corrected chi connectivity index (χ3v) is 7.18. The molecular formula is C22H18N4O2S2. The number of benzene rings is 1. The summed E-state index contributed by atoms with van der Waals surface area (Å²) < 4.78 is 7.16. The molecule has 1 aromatic carbocycles. The van der Waals surface area contributed by atoms with Crippen molar-refractivity contribution < 1.29 is 4.52 Å². The number of thiophene rings is 2. The van der Waals surface area contributed by atoms with E-state index < -0.39 is 0 Å². The maximum atomic E-state index is 13.3. The Balaban J connectivity index is 1.57. The lowest BCUT2D eigenvalue weighted by Crippen LogP contribution is -2.21. The predicted molar refractivity (Wildman–Crippen MR) is 120 cm³/mol. The van der Waals surface area contributed by atoms with E-state index in [2.05, 4.69) is 47.2 Å². The van der Waals surface area contributed by atoms with Gasteiger partial charge in [0, 0.05) is 0 Å². The number of rotatable bonds is 4. The molecule has 8 heteroatoms. The maximum absolute atomic E-state index is 13.3. The van der Waals surface area contributed by atoms with Crippen molar-refractivity contribution in [3.8, 4) is 21.5 Å². The molecule has 0 fully saturated rings. The van der Waals surface area contributed by atoms with Crippen LogP contribution in [0.2, 0.25) is 0 Å². The number of hydrogen-bond donors (Lipinski definition) is 0. The minimum Gasteiger partial charge on any atom is -0.333 e. The predicted octanol–water partition coefficient (Wildman–Crippen LogP) is 5.21. The molecule has 6 nitrogen and oxygen atoms in total. The quantitative estimate of drug-likeness (QED) is 0.388. The molecule has 150 valence electrons. The molecule has 0 bridgehead atoms.